The molecule has 0 radical (unpaired) electrons. The van der Waals surface area contributed by atoms with Crippen molar-refractivity contribution in [1.29, 1.82) is 0 Å². The quantitative estimate of drug-likeness (QED) is 0.771. The lowest BCUT2D eigenvalue weighted by Gasteiger charge is -2.10. The number of ether oxygens (including phenoxy) is 1. The number of allylic oxidation sites excluding steroid dienone is 1. The van der Waals surface area contributed by atoms with Gasteiger partial charge in [0.15, 0.2) is 0 Å². The molecular formula is C18H16N4O. The highest BCUT2D eigenvalue weighted by Gasteiger charge is 2.09. The van der Waals surface area contributed by atoms with E-state index in [4.69, 9.17) is 4.74 Å². The first-order valence-corrected chi connectivity index (χ1v) is 7.42. The molecule has 4 rings (SSSR count). The van der Waals surface area contributed by atoms with Crippen molar-refractivity contribution in [3.8, 4) is 5.75 Å². The second-order valence-corrected chi connectivity index (χ2v) is 5.32. The van der Waals surface area contributed by atoms with Gasteiger partial charge in [-0.15, -0.1) is 0 Å². The molecule has 2 aromatic heterocycles. The average molecular weight is 304 g/mol. The fourth-order valence-electron chi connectivity index (χ4n) is 2.67. The maximum absolute atomic E-state index is 5.36. The van der Waals surface area contributed by atoms with Crippen LogP contribution in [-0.2, 0) is 0 Å². The van der Waals surface area contributed by atoms with Crippen molar-refractivity contribution in [1.82, 2.24) is 9.97 Å². The number of para-hydroxylation sites is 2. The number of hydrogen-bond acceptors (Lipinski definition) is 4. The fraction of sp³-hybridized carbons (Fsp3) is 0.111. The summed E-state index contributed by atoms with van der Waals surface area (Å²) in [4.78, 5) is 12.1. The van der Waals surface area contributed by atoms with Gasteiger partial charge in [-0.25, -0.2) is 4.98 Å². The lowest BCUT2D eigenvalue weighted by atomic mass is 10.2. The lowest BCUT2D eigenvalue weighted by Crippen LogP contribution is -1.96. The smallest absolute Gasteiger partial charge is 0.142 e. The Morgan fingerprint density at radius 3 is 2.96 bits per heavy atom. The van der Waals surface area contributed by atoms with E-state index in [1.54, 1.807) is 7.11 Å². The summed E-state index contributed by atoms with van der Waals surface area (Å²) in [6.45, 7) is 0.754. The highest BCUT2D eigenvalue weighted by molar-refractivity contribution is 6.12. The Labute approximate surface area is 133 Å². The standard InChI is InChI=1S/C18H16N4O/c1-23-17-5-3-2-4-14(17)22-18-9-16-13(11-20-18)8-15(21-16)12-6-7-19-10-12/h2-6,8-11,21H,7H2,1H3,(H,20,22). The minimum absolute atomic E-state index is 0.754. The first kappa shape index (κ1) is 13.6. The number of aliphatic imine (C=N–C) groups is 1. The molecule has 114 valence electrons. The van der Waals surface area contributed by atoms with E-state index < -0.39 is 0 Å². The van der Waals surface area contributed by atoms with Crippen molar-refractivity contribution in [2.24, 2.45) is 4.99 Å². The molecule has 5 nitrogen and oxygen atoms in total. The summed E-state index contributed by atoms with van der Waals surface area (Å²) in [5, 5.41) is 4.37. The number of H-pyrrole nitrogens is 1. The Morgan fingerprint density at radius 2 is 2.13 bits per heavy atom. The molecule has 0 amide bonds. The van der Waals surface area contributed by atoms with Crippen LogP contribution in [0.5, 0.6) is 5.75 Å². The number of aromatic amines is 1. The second kappa shape index (κ2) is 5.61. The summed E-state index contributed by atoms with van der Waals surface area (Å²) < 4.78 is 5.36. The van der Waals surface area contributed by atoms with Crippen LogP contribution in [0.4, 0.5) is 11.5 Å². The fourth-order valence-corrected chi connectivity index (χ4v) is 2.67. The molecule has 0 bridgehead atoms. The summed E-state index contributed by atoms with van der Waals surface area (Å²) in [5.41, 5.74) is 4.12. The Balaban J connectivity index is 1.67. The molecule has 0 saturated carbocycles. The van der Waals surface area contributed by atoms with Crippen molar-refractivity contribution in [2.45, 2.75) is 0 Å². The van der Waals surface area contributed by atoms with E-state index in [0.29, 0.717) is 0 Å². The highest BCUT2D eigenvalue weighted by Crippen LogP contribution is 2.28. The number of rotatable bonds is 4. The zero-order valence-corrected chi connectivity index (χ0v) is 12.7. The van der Waals surface area contributed by atoms with Gasteiger partial charge in [0.25, 0.3) is 0 Å². The monoisotopic (exact) mass is 304 g/mol. The molecule has 0 saturated heterocycles. The Morgan fingerprint density at radius 1 is 1.22 bits per heavy atom. The van der Waals surface area contributed by atoms with E-state index in [0.717, 1.165) is 46.0 Å². The molecule has 1 aromatic carbocycles. The van der Waals surface area contributed by atoms with E-state index in [1.165, 1.54) is 0 Å². The third kappa shape index (κ3) is 2.57. The lowest BCUT2D eigenvalue weighted by molar-refractivity contribution is 0.417. The maximum Gasteiger partial charge on any atom is 0.142 e. The number of aromatic nitrogens is 2. The molecule has 0 unspecified atom stereocenters. The Hall–Kier alpha value is -3.08. The van der Waals surface area contributed by atoms with Crippen LogP contribution in [0, 0.1) is 0 Å². The van der Waals surface area contributed by atoms with Gasteiger partial charge in [-0.2, -0.15) is 0 Å². The summed E-state index contributed by atoms with van der Waals surface area (Å²) in [7, 11) is 1.66. The number of fused-ring (bicyclic) bond motifs is 1. The first-order chi connectivity index (χ1) is 11.3. The van der Waals surface area contributed by atoms with Crippen LogP contribution in [0.1, 0.15) is 5.69 Å². The molecule has 1 aliphatic rings. The van der Waals surface area contributed by atoms with Gasteiger partial charge in [-0.1, -0.05) is 18.2 Å². The van der Waals surface area contributed by atoms with Crippen molar-refractivity contribution in [3.63, 3.8) is 0 Å². The zero-order valence-electron chi connectivity index (χ0n) is 12.7. The minimum atomic E-state index is 0.754. The Bertz CT molecular complexity index is 924. The molecule has 0 fully saturated rings. The van der Waals surface area contributed by atoms with Crippen LogP contribution in [0.3, 0.4) is 0 Å². The summed E-state index contributed by atoms with van der Waals surface area (Å²) in [6, 6.07) is 11.9. The average Bonchev–Trinajstić information content (AvgIpc) is 3.24. The number of methoxy groups -OCH3 is 1. The van der Waals surface area contributed by atoms with Gasteiger partial charge in [0.2, 0.25) is 0 Å². The topological polar surface area (TPSA) is 62.3 Å². The molecule has 0 aliphatic carbocycles. The van der Waals surface area contributed by atoms with Crippen LogP contribution in [0.15, 0.2) is 53.7 Å². The van der Waals surface area contributed by atoms with Crippen LogP contribution >= 0.6 is 0 Å². The predicted octanol–water partition coefficient (Wildman–Crippen LogP) is 3.78. The third-order valence-electron chi connectivity index (χ3n) is 3.83. The molecule has 2 N–H and O–H groups in total. The van der Waals surface area contributed by atoms with Gasteiger partial charge in [-0.05, 0) is 18.2 Å². The molecule has 5 heteroatoms. The van der Waals surface area contributed by atoms with Crippen LogP contribution < -0.4 is 10.1 Å². The number of pyridine rings is 1. The molecule has 1 aliphatic heterocycles. The minimum Gasteiger partial charge on any atom is -0.495 e. The van der Waals surface area contributed by atoms with Gasteiger partial charge in [0.1, 0.15) is 11.6 Å². The van der Waals surface area contributed by atoms with Crippen LogP contribution in [0.25, 0.3) is 16.5 Å². The third-order valence-corrected chi connectivity index (χ3v) is 3.83. The van der Waals surface area contributed by atoms with E-state index in [2.05, 4.69) is 32.4 Å². The normalized spacial score (nSPS) is 13.3. The zero-order chi connectivity index (χ0) is 15.6. The second-order valence-electron chi connectivity index (χ2n) is 5.32. The summed E-state index contributed by atoms with van der Waals surface area (Å²) in [6.07, 6.45) is 5.86. The van der Waals surface area contributed by atoms with Gasteiger partial charge in [0.05, 0.1) is 24.9 Å². The predicted molar refractivity (Wildman–Crippen MR) is 93.7 cm³/mol. The van der Waals surface area contributed by atoms with Crippen molar-refractivity contribution in [3.05, 3.63) is 54.4 Å². The number of hydrogen-bond donors (Lipinski definition) is 2. The molecule has 23 heavy (non-hydrogen) atoms. The number of nitrogens with zero attached hydrogens (tertiary/aromatic N) is 2. The summed E-state index contributed by atoms with van der Waals surface area (Å²) >= 11 is 0. The number of nitrogens with one attached hydrogen (secondary N) is 2. The SMILES string of the molecule is COc1ccccc1Nc1cc2[nH]c(C3=CCN=C3)cc2cn1. The summed E-state index contributed by atoms with van der Waals surface area (Å²) in [5.74, 6) is 1.55. The molecular weight excluding hydrogens is 288 g/mol. The van der Waals surface area contributed by atoms with Crippen LogP contribution in [0.2, 0.25) is 0 Å². The first-order valence-electron chi connectivity index (χ1n) is 7.42. The molecule has 3 heterocycles. The Kier molecular flexibility index (Phi) is 3.31. The molecule has 0 atom stereocenters. The van der Waals surface area contributed by atoms with Crippen LogP contribution in [-0.4, -0.2) is 29.8 Å². The van der Waals surface area contributed by atoms with Crippen molar-refractivity contribution < 1.29 is 4.74 Å². The highest BCUT2D eigenvalue weighted by atomic mass is 16.5. The maximum atomic E-state index is 5.36. The van der Waals surface area contributed by atoms with Gasteiger partial charge in [-0.3, -0.25) is 4.99 Å². The van der Waals surface area contributed by atoms with Gasteiger partial charge < -0.3 is 15.0 Å². The van der Waals surface area contributed by atoms with Gasteiger partial charge >= 0.3 is 0 Å². The van der Waals surface area contributed by atoms with Crippen molar-refractivity contribution >= 4 is 34.2 Å². The van der Waals surface area contributed by atoms with E-state index in [1.807, 2.05) is 42.7 Å². The molecule has 0 spiro atoms. The van der Waals surface area contributed by atoms with E-state index >= 15 is 0 Å². The molecule has 3 aromatic rings. The number of benzene rings is 1. The van der Waals surface area contributed by atoms with E-state index in [9.17, 15) is 0 Å². The number of anilines is 2. The van der Waals surface area contributed by atoms with E-state index in [-0.39, 0.29) is 0 Å². The van der Waals surface area contributed by atoms with Crippen molar-refractivity contribution in [2.75, 3.05) is 19.0 Å². The largest absolute Gasteiger partial charge is 0.495 e. The van der Waals surface area contributed by atoms with Gasteiger partial charge in [0, 0.05) is 35.1 Å².